The molecule has 1 saturated heterocycles. The van der Waals surface area contributed by atoms with E-state index in [0.717, 1.165) is 22.5 Å². The predicted octanol–water partition coefficient (Wildman–Crippen LogP) is 1.80. The number of H-pyrrole nitrogens is 1. The molecule has 1 aliphatic heterocycles. The second kappa shape index (κ2) is 10.0. The summed E-state index contributed by atoms with van der Waals surface area (Å²) in [5.41, 5.74) is 7.23. The number of halogens is 1. The van der Waals surface area contributed by atoms with E-state index in [9.17, 15) is 14.0 Å². The maximum atomic E-state index is 14.7. The highest BCUT2D eigenvalue weighted by molar-refractivity contribution is 6.45. The summed E-state index contributed by atoms with van der Waals surface area (Å²) in [5, 5.41) is 1.02. The predicted molar refractivity (Wildman–Crippen MR) is 137 cm³/mol. The van der Waals surface area contributed by atoms with Crippen LogP contribution in [0.3, 0.4) is 0 Å². The van der Waals surface area contributed by atoms with Crippen LogP contribution in [0.1, 0.15) is 10.4 Å². The normalized spacial score (nSPS) is 13.9. The van der Waals surface area contributed by atoms with E-state index in [-0.39, 0.29) is 22.3 Å². The Labute approximate surface area is 211 Å². The number of nitrogens with zero attached hydrogens (tertiary/aromatic N) is 6. The fraction of sp³-hybridized carbons (Fsp3) is 0.160. The standard InChI is InChI=1S/C25H24FN9O2/c26-18-15-31-23(35(28)9-7-27)21-20(18)17(14-30-21)22(36)24(37)33-10-12-34(13-11-33)25-29-8-6-19(32-25)16-4-2-1-3-5-16/h1-9,14-15,30H,10-13,27-28H2/b9-7-. The van der Waals surface area contributed by atoms with Gasteiger partial charge in [-0.3, -0.25) is 14.6 Å². The zero-order chi connectivity index (χ0) is 25.9. The van der Waals surface area contributed by atoms with Gasteiger partial charge in [0.15, 0.2) is 11.6 Å². The maximum Gasteiger partial charge on any atom is 0.295 e. The Morgan fingerprint density at radius 3 is 2.57 bits per heavy atom. The van der Waals surface area contributed by atoms with Crippen LogP contribution in [-0.4, -0.2) is 62.7 Å². The lowest BCUT2D eigenvalue weighted by Gasteiger charge is -2.34. The Morgan fingerprint density at radius 1 is 1.08 bits per heavy atom. The molecule has 0 atom stereocenters. The number of aromatic nitrogens is 4. The number of amides is 1. The van der Waals surface area contributed by atoms with Gasteiger partial charge in [0.2, 0.25) is 5.95 Å². The molecule has 1 amide bonds. The molecule has 4 heterocycles. The fourth-order valence-electron chi connectivity index (χ4n) is 4.27. The second-order valence-electron chi connectivity index (χ2n) is 8.35. The molecule has 12 heteroatoms. The number of hydrogen-bond donors (Lipinski definition) is 3. The molecule has 0 bridgehead atoms. The van der Waals surface area contributed by atoms with Crippen LogP contribution in [0.2, 0.25) is 0 Å². The van der Waals surface area contributed by atoms with Crippen LogP contribution in [0.15, 0.2) is 67.4 Å². The van der Waals surface area contributed by atoms with E-state index in [1.54, 1.807) is 6.20 Å². The SMILES string of the molecule is N/C=C\N(N)c1ncc(F)c2c(C(=O)C(=O)N3CCN(c4nccc(-c5ccccc5)n4)CC3)c[nH]c12. The number of Topliss-reactive ketones (excluding diaryl/α,β-unsaturated/α-hetero) is 1. The van der Waals surface area contributed by atoms with E-state index in [1.807, 2.05) is 41.3 Å². The number of aromatic amines is 1. The first-order valence-electron chi connectivity index (χ1n) is 11.5. The Balaban J connectivity index is 1.31. The third kappa shape index (κ3) is 4.57. The van der Waals surface area contributed by atoms with Crippen LogP contribution < -0.4 is 21.5 Å². The molecule has 1 fully saturated rings. The summed E-state index contributed by atoms with van der Waals surface area (Å²) >= 11 is 0. The lowest BCUT2D eigenvalue weighted by atomic mass is 10.1. The topological polar surface area (TPSA) is 150 Å². The van der Waals surface area contributed by atoms with Gasteiger partial charge in [-0.1, -0.05) is 30.3 Å². The summed E-state index contributed by atoms with van der Waals surface area (Å²) in [6.07, 6.45) is 6.45. The van der Waals surface area contributed by atoms with Crippen LogP contribution >= 0.6 is 0 Å². The molecule has 0 saturated carbocycles. The van der Waals surface area contributed by atoms with Gasteiger partial charge in [0.25, 0.3) is 11.7 Å². The van der Waals surface area contributed by atoms with E-state index in [2.05, 4.69) is 19.9 Å². The number of hydrazine groups is 1. The van der Waals surface area contributed by atoms with Gasteiger partial charge in [0.05, 0.1) is 28.4 Å². The average molecular weight is 502 g/mol. The summed E-state index contributed by atoms with van der Waals surface area (Å²) in [7, 11) is 0. The molecule has 0 aliphatic carbocycles. The van der Waals surface area contributed by atoms with E-state index in [4.69, 9.17) is 11.6 Å². The number of benzene rings is 1. The fourth-order valence-corrected chi connectivity index (χ4v) is 4.27. The summed E-state index contributed by atoms with van der Waals surface area (Å²) in [6.45, 7) is 1.47. The number of carbonyl (C=O) groups is 2. The first-order valence-corrected chi connectivity index (χ1v) is 11.5. The van der Waals surface area contributed by atoms with Crippen molar-refractivity contribution in [3.05, 3.63) is 78.8 Å². The highest BCUT2D eigenvalue weighted by Gasteiger charge is 2.30. The second-order valence-corrected chi connectivity index (χ2v) is 8.35. The van der Waals surface area contributed by atoms with Crippen molar-refractivity contribution >= 4 is 34.4 Å². The molecule has 5 rings (SSSR count). The van der Waals surface area contributed by atoms with Crippen molar-refractivity contribution in [3.63, 3.8) is 0 Å². The first kappa shape index (κ1) is 23.9. The molecule has 37 heavy (non-hydrogen) atoms. The molecule has 188 valence electrons. The van der Waals surface area contributed by atoms with Gasteiger partial charge in [0.1, 0.15) is 0 Å². The minimum atomic E-state index is -0.823. The van der Waals surface area contributed by atoms with Crippen molar-refractivity contribution in [2.24, 2.45) is 11.6 Å². The van der Waals surface area contributed by atoms with Crippen molar-refractivity contribution in [1.29, 1.82) is 0 Å². The molecular weight excluding hydrogens is 477 g/mol. The van der Waals surface area contributed by atoms with Gasteiger partial charge in [-0.05, 0) is 6.07 Å². The van der Waals surface area contributed by atoms with Gasteiger partial charge < -0.3 is 20.5 Å². The minimum absolute atomic E-state index is 0.0611. The van der Waals surface area contributed by atoms with Gasteiger partial charge >= 0.3 is 0 Å². The lowest BCUT2D eigenvalue weighted by molar-refractivity contribution is -0.126. The number of carbonyl (C=O) groups excluding carboxylic acids is 2. The number of piperazine rings is 1. The van der Waals surface area contributed by atoms with Gasteiger partial charge in [-0.25, -0.2) is 25.2 Å². The monoisotopic (exact) mass is 501 g/mol. The molecule has 1 aliphatic rings. The lowest BCUT2D eigenvalue weighted by Crippen LogP contribution is -2.51. The summed E-state index contributed by atoms with van der Waals surface area (Å²) in [6, 6.07) is 11.6. The van der Waals surface area contributed by atoms with Crippen LogP contribution in [0.5, 0.6) is 0 Å². The van der Waals surface area contributed by atoms with Crippen LogP contribution in [0, 0.1) is 5.82 Å². The summed E-state index contributed by atoms with van der Waals surface area (Å²) in [5.74, 6) is 4.28. The molecule has 0 radical (unpaired) electrons. The third-order valence-corrected chi connectivity index (χ3v) is 6.14. The molecule has 4 aromatic rings. The number of anilines is 2. The Bertz CT molecular complexity index is 1480. The number of nitrogens with two attached hydrogens (primary N) is 2. The molecule has 0 spiro atoms. The molecular formula is C25H24FN9O2. The first-order chi connectivity index (χ1) is 18.0. The molecule has 5 N–H and O–H groups in total. The van der Waals surface area contributed by atoms with Gasteiger partial charge in [-0.15, -0.1) is 0 Å². The van der Waals surface area contributed by atoms with Crippen molar-refractivity contribution < 1.29 is 14.0 Å². The molecule has 0 unspecified atom stereocenters. The Kier molecular flexibility index (Phi) is 6.47. The number of nitrogens with one attached hydrogen (secondary N) is 1. The van der Waals surface area contributed by atoms with Crippen molar-refractivity contribution in [3.8, 4) is 11.3 Å². The van der Waals surface area contributed by atoms with E-state index >= 15 is 0 Å². The highest BCUT2D eigenvalue weighted by Crippen LogP contribution is 2.28. The van der Waals surface area contributed by atoms with Gasteiger partial charge in [0, 0.05) is 56.5 Å². The smallest absolute Gasteiger partial charge is 0.295 e. The largest absolute Gasteiger partial charge is 0.403 e. The van der Waals surface area contributed by atoms with E-state index in [1.165, 1.54) is 23.5 Å². The maximum absolute atomic E-state index is 14.7. The summed E-state index contributed by atoms with van der Waals surface area (Å²) in [4.78, 5) is 45.4. The van der Waals surface area contributed by atoms with Crippen LogP contribution in [0.25, 0.3) is 22.2 Å². The molecule has 11 nitrogen and oxygen atoms in total. The highest BCUT2D eigenvalue weighted by atomic mass is 19.1. The zero-order valence-electron chi connectivity index (χ0n) is 19.7. The van der Waals surface area contributed by atoms with E-state index in [0.29, 0.717) is 32.1 Å². The average Bonchev–Trinajstić information content (AvgIpc) is 3.39. The number of fused-ring (bicyclic) bond motifs is 1. The van der Waals surface area contributed by atoms with Crippen LogP contribution in [-0.2, 0) is 4.79 Å². The van der Waals surface area contributed by atoms with Crippen LogP contribution in [0.4, 0.5) is 16.2 Å². The molecule has 1 aromatic carbocycles. The number of ketones is 1. The Hall–Kier alpha value is -4.84. The van der Waals surface area contributed by atoms with Crippen molar-refractivity contribution in [2.75, 3.05) is 36.1 Å². The third-order valence-electron chi connectivity index (χ3n) is 6.14. The molecule has 3 aromatic heterocycles. The number of hydrogen-bond acceptors (Lipinski definition) is 9. The number of rotatable bonds is 6. The van der Waals surface area contributed by atoms with E-state index < -0.39 is 17.5 Å². The quantitative estimate of drug-likeness (QED) is 0.155. The van der Waals surface area contributed by atoms with Crippen molar-refractivity contribution in [2.45, 2.75) is 0 Å². The minimum Gasteiger partial charge on any atom is -0.403 e. The number of pyridine rings is 1. The zero-order valence-corrected chi connectivity index (χ0v) is 19.7. The Morgan fingerprint density at radius 2 is 1.84 bits per heavy atom. The van der Waals surface area contributed by atoms with Gasteiger partial charge in [-0.2, -0.15) is 0 Å². The summed E-state index contributed by atoms with van der Waals surface area (Å²) < 4.78 is 14.7. The van der Waals surface area contributed by atoms with Crippen molar-refractivity contribution in [1.82, 2.24) is 24.8 Å².